The number of ether oxygens (including phenoxy) is 1. The Balaban J connectivity index is 1.27. The van der Waals surface area contributed by atoms with Crippen LogP contribution in [-0.2, 0) is 20.7 Å². The highest BCUT2D eigenvalue weighted by molar-refractivity contribution is 6.33. The lowest BCUT2D eigenvalue weighted by molar-refractivity contribution is -0.130. The van der Waals surface area contributed by atoms with E-state index in [1.165, 1.54) is 12.3 Å². The third-order valence-electron chi connectivity index (χ3n) is 8.92. The number of aromatic nitrogens is 2. The Morgan fingerprint density at radius 1 is 0.981 bits per heavy atom. The highest BCUT2D eigenvalue weighted by atomic mass is 35.5. The van der Waals surface area contributed by atoms with Crippen molar-refractivity contribution in [2.45, 2.75) is 84.4 Å². The molecule has 1 aliphatic rings. The molecular weight excluding hydrogens is 687 g/mol. The van der Waals surface area contributed by atoms with E-state index in [0.717, 1.165) is 29.5 Å². The van der Waals surface area contributed by atoms with E-state index < -0.39 is 29.5 Å². The number of halogens is 2. The number of carbonyl (C=O) groups is 4. The van der Waals surface area contributed by atoms with Crippen LogP contribution in [0.15, 0.2) is 60.8 Å². The molecule has 5 N–H and O–H groups in total. The number of hydrogen-bond acceptors (Lipinski definition) is 6. The Morgan fingerprint density at radius 3 is 2.35 bits per heavy atom. The monoisotopic (exact) mass is 732 g/mol. The van der Waals surface area contributed by atoms with Crippen molar-refractivity contribution in [2.24, 2.45) is 11.8 Å². The van der Waals surface area contributed by atoms with Gasteiger partial charge in [0.25, 0.3) is 5.91 Å². The average Bonchev–Trinajstić information content (AvgIpc) is 3.56. The van der Waals surface area contributed by atoms with Gasteiger partial charge >= 0.3 is 6.09 Å². The minimum absolute atomic E-state index is 0.00909. The smallest absolute Gasteiger partial charge is 0.407 e. The largest absolute Gasteiger partial charge is 0.444 e. The first-order chi connectivity index (χ1) is 24.6. The molecule has 5 rings (SSSR count). The number of hydrogen-bond donors (Lipinski definition) is 5. The Morgan fingerprint density at radius 2 is 1.69 bits per heavy atom. The van der Waals surface area contributed by atoms with Crippen molar-refractivity contribution >= 4 is 52.0 Å². The molecule has 1 saturated carbocycles. The van der Waals surface area contributed by atoms with Gasteiger partial charge in [-0.1, -0.05) is 41.9 Å². The van der Waals surface area contributed by atoms with Crippen LogP contribution < -0.4 is 21.3 Å². The third kappa shape index (κ3) is 10.3. The SMILES string of the molecule is CC(C)NC(=O)c1ccc(-c2ccc(CC(NC(=O)C3CCC(CNC(=O)OC(C)(C)C)CC3)C(=O)Nc3cc(F)c4cn[nH]c4c3)cc2)c(Cl)c1. The lowest BCUT2D eigenvalue weighted by atomic mass is 9.81. The maximum absolute atomic E-state index is 14.7. The van der Waals surface area contributed by atoms with Crippen LogP contribution in [0.3, 0.4) is 0 Å². The minimum Gasteiger partial charge on any atom is -0.444 e. The summed E-state index contributed by atoms with van der Waals surface area (Å²) in [4.78, 5) is 51.9. The first kappa shape index (κ1) is 38.3. The Bertz CT molecular complexity index is 1910. The highest BCUT2D eigenvalue weighted by Gasteiger charge is 2.30. The van der Waals surface area contributed by atoms with Gasteiger partial charge in [0.1, 0.15) is 17.5 Å². The summed E-state index contributed by atoms with van der Waals surface area (Å²) in [6.45, 7) is 9.66. The van der Waals surface area contributed by atoms with Crippen LogP contribution in [0, 0.1) is 17.7 Å². The third-order valence-corrected chi connectivity index (χ3v) is 9.23. The molecule has 276 valence electrons. The van der Waals surface area contributed by atoms with Gasteiger partial charge in [-0.3, -0.25) is 19.5 Å². The second-order valence-electron chi connectivity index (χ2n) is 14.7. The standard InChI is InChI=1S/C39H46ClFN6O5/c1-22(2)44-36(49)27-14-15-29(31(40)17-27)25-10-6-23(7-11-25)16-34(37(50)45-28-18-32(41)30-21-43-47-33(30)19-28)46-35(48)26-12-8-24(9-13-26)20-42-38(51)52-39(3,4)5/h6-7,10-11,14-15,17-19,21-22,24,26,34H,8-9,12-13,16,20H2,1-5H3,(H,42,51)(H,43,47)(H,44,49)(H,45,50)(H,46,48). The number of H-pyrrole nitrogens is 1. The van der Waals surface area contributed by atoms with E-state index in [1.807, 2.05) is 58.9 Å². The second kappa shape index (κ2) is 16.6. The van der Waals surface area contributed by atoms with Gasteiger partial charge in [0, 0.05) is 46.8 Å². The molecule has 0 bridgehead atoms. The lowest BCUT2D eigenvalue weighted by Gasteiger charge is -2.29. The summed E-state index contributed by atoms with van der Waals surface area (Å²) < 4.78 is 20.0. The molecule has 1 heterocycles. The zero-order valence-electron chi connectivity index (χ0n) is 30.1. The first-order valence-corrected chi connectivity index (χ1v) is 17.9. The van der Waals surface area contributed by atoms with E-state index in [4.69, 9.17) is 16.3 Å². The van der Waals surface area contributed by atoms with Crippen LogP contribution in [0.1, 0.15) is 76.2 Å². The second-order valence-corrected chi connectivity index (χ2v) is 15.1. The van der Waals surface area contributed by atoms with Gasteiger partial charge in [0.15, 0.2) is 0 Å². The molecule has 1 atom stereocenters. The van der Waals surface area contributed by atoms with Crippen LogP contribution in [0.4, 0.5) is 14.9 Å². The lowest BCUT2D eigenvalue weighted by Crippen LogP contribution is -2.48. The van der Waals surface area contributed by atoms with Crippen molar-refractivity contribution in [3.8, 4) is 11.1 Å². The molecule has 0 saturated heterocycles. The van der Waals surface area contributed by atoms with Crippen molar-refractivity contribution in [3.63, 3.8) is 0 Å². The number of amides is 4. The fourth-order valence-corrected chi connectivity index (χ4v) is 6.56. The van der Waals surface area contributed by atoms with E-state index in [0.29, 0.717) is 40.9 Å². The molecule has 1 aromatic heterocycles. The van der Waals surface area contributed by atoms with Gasteiger partial charge in [-0.05, 0) is 102 Å². The van der Waals surface area contributed by atoms with Crippen molar-refractivity contribution in [1.82, 2.24) is 26.1 Å². The van der Waals surface area contributed by atoms with Gasteiger partial charge in [0.05, 0.1) is 17.1 Å². The van der Waals surface area contributed by atoms with Crippen LogP contribution in [0.25, 0.3) is 22.0 Å². The van der Waals surface area contributed by atoms with Crippen LogP contribution in [-0.4, -0.2) is 58.2 Å². The number of alkyl carbamates (subject to hydrolysis) is 1. The Labute approximate surface area is 307 Å². The van der Waals surface area contributed by atoms with E-state index in [9.17, 15) is 23.6 Å². The summed E-state index contributed by atoms with van der Waals surface area (Å²) in [5, 5.41) is 18.7. The van der Waals surface area contributed by atoms with Gasteiger partial charge in [-0.2, -0.15) is 5.10 Å². The topological polar surface area (TPSA) is 154 Å². The molecule has 4 aromatic rings. The van der Waals surface area contributed by atoms with Crippen molar-refractivity contribution < 1.29 is 28.3 Å². The molecule has 52 heavy (non-hydrogen) atoms. The molecule has 1 unspecified atom stereocenters. The summed E-state index contributed by atoms with van der Waals surface area (Å²) in [7, 11) is 0. The van der Waals surface area contributed by atoms with Crippen LogP contribution in [0.5, 0.6) is 0 Å². The Hall–Kier alpha value is -4.97. The number of benzene rings is 3. The minimum atomic E-state index is -0.965. The maximum Gasteiger partial charge on any atom is 0.407 e. The number of carbonyl (C=O) groups excluding carboxylic acids is 4. The molecule has 0 radical (unpaired) electrons. The van der Waals surface area contributed by atoms with Crippen molar-refractivity contribution in [3.05, 3.63) is 82.8 Å². The molecule has 11 nitrogen and oxygen atoms in total. The first-order valence-electron chi connectivity index (χ1n) is 17.6. The maximum atomic E-state index is 14.7. The van der Waals surface area contributed by atoms with E-state index in [-0.39, 0.29) is 41.8 Å². The number of aromatic amines is 1. The summed E-state index contributed by atoms with van der Waals surface area (Å²) in [6.07, 6.45) is 3.77. The summed E-state index contributed by atoms with van der Waals surface area (Å²) in [6, 6.07) is 14.4. The average molecular weight is 733 g/mol. The fourth-order valence-electron chi connectivity index (χ4n) is 6.27. The zero-order chi connectivity index (χ0) is 37.6. The van der Waals surface area contributed by atoms with Crippen LogP contribution >= 0.6 is 11.6 Å². The van der Waals surface area contributed by atoms with Gasteiger partial charge < -0.3 is 26.0 Å². The number of fused-ring (bicyclic) bond motifs is 1. The molecule has 0 spiro atoms. The van der Waals surface area contributed by atoms with E-state index in [2.05, 4.69) is 31.5 Å². The number of nitrogens with one attached hydrogen (secondary N) is 5. The van der Waals surface area contributed by atoms with Crippen LogP contribution in [0.2, 0.25) is 5.02 Å². The van der Waals surface area contributed by atoms with Crippen molar-refractivity contribution in [2.75, 3.05) is 11.9 Å². The quantitative estimate of drug-likeness (QED) is 0.110. The predicted octanol–water partition coefficient (Wildman–Crippen LogP) is 7.16. The summed E-state index contributed by atoms with van der Waals surface area (Å²) in [5.41, 5.74) is 2.87. The molecule has 4 amide bonds. The van der Waals surface area contributed by atoms with E-state index in [1.54, 1.807) is 24.3 Å². The molecule has 0 aliphatic heterocycles. The molecule has 1 aliphatic carbocycles. The zero-order valence-corrected chi connectivity index (χ0v) is 30.8. The van der Waals surface area contributed by atoms with Gasteiger partial charge in [0.2, 0.25) is 11.8 Å². The predicted molar refractivity (Wildman–Crippen MR) is 199 cm³/mol. The van der Waals surface area contributed by atoms with Gasteiger partial charge in [-0.15, -0.1) is 0 Å². The van der Waals surface area contributed by atoms with E-state index >= 15 is 0 Å². The number of anilines is 1. The summed E-state index contributed by atoms with van der Waals surface area (Å²) >= 11 is 6.58. The molecular formula is C39H46ClFN6O5. The number of rotatable bonds is 11. The fraction of sp³-hybridized carbons (Fsp3) is 0.410. The summed E-state index contributed by atoms with van der Waals surface area (Å²) in [5.74, 6) is -1.57. The highest BCUT2D eigenvalue weighted by Crippen LogP contribution is 2.31. The molecule has 1 fully saturated rings. The van der Waals surface area contributed by atoms with Crippen molar-refractivity contribution in [1.29, 1.82) is 0 Å². The number of nitrogens with zero attached hydrogens (tertiary/aromatic N) is 1. The van der Waals surface area contributed by atoms with Gasteiger partial charge in [-0.25, -0.2) is 9.18 Å². The molecule has 3 aromatic carbocycles. The molecule has 13 heteroatoms. The Kier molecular flexibility index (Phi) is 12.2. The normalized spacial score (nSPS) is 16.6.